The van der Waals surface area contributed by atoms with Gasteiger partial charge in [0.15, 0.2) is 23.3 Å². The van der Waals surface area contributed by atoms with Crippen LogP contribution in [0.15, 0.2) is 11.0 Å². The third-order valence-corrected chi connectivity index (χ3v) is 7.22. The summed E-state index contributed by atoms with van der Waals surface area (Å²) in [6.07, 6.45) is 2.15. The van der Waals surface area contributed by atoms with E-state index in [1.165, 1.54) is 0 Å². The normalized spacial score (nSPS) is 24.1. The van der Waals surface area contributed by atoms with E-state index in [0.29, 0.717) is 31.0 Å². The average molecular weight is 483 g/mol. The zero-order valence-electron chi connectivity index (χ0n) is 17.7. The van der Waals surface area contributed by atoms with Crippen LogP contribution in [0.2, 0.25) is 0 Å². The Kier molecular flexibility index (Phi) is 10.7. The van der Waals surface area contributed by atoms with Crippen LogP contribution in [-0.2, 0) is 4.79 Å². The standard InChI is InChI=1S/C22H30F4O5S/c23-15-9-16(24)21(26)22(20(15)25)32-11-12(27)7-8-14-13(17(28)10-18(14)29)5-3-1-2-4-6-19(30)31/h9,12-14,17-18,27-29H,1-8,10-11H2,(H,30,31)/t12?,13?,14-,17?,18?/m1/s1. The number of rotatable bonds is 13. The summed E-state index contributed by atoms with van der Waals surface area (Å²) in [7, 11) is 0. The van der Waals surface area contributed by atoms with Gasteiger partial charge in [-0.2, -0.15) is 0 Å². The Bertz CT molecular complexity index is 740. The van der Waals surface area contributed by atoms with Crippen LogP contribution in [-0.4, -0.2) is 50.5 Å². The van der Waals surface area contributed by atoms with E-state index < -0.39 is 52.4 Å². The van der Waals surface area contributed by atoms with Gasteiger partial charge in [-0.3, -0.25) is 4.79 Å². The number of hydrogen-bond donors (Lipinski definition) is 4. The van der Waals surface area contributed by atoms with Gasteiger partial charge in [-0.15, -0.1) is 11.8 Å². The maximum Gasteiger partial charge on any atom is 0.303 e. The van der Waals surface area contributed by atoms with Crippen molar-refractivity contribution >= 4 is 17.7 Å². The lowest BCUT2D eigenvalue weighted by molar-refractivity contribution is -0.137. The van der Waals surface area contributed by atoms with Crippen molar-refractivity contribution < 1.29 is 42.8 Å². The maximum atomic E-state index is 13.7. The largest absolute Gasteiger partial charge is 0.481 e. The van der Waals surface area contributed by atoms with Crippen LogP contribution in [0.1, 0.15) is 57.8 Å². The smallest absolute Gasteiger partial charge is 0.303 e. The van der Waals surface area contributed by atoms with Crippen LogP contribution in [0.25, 0.3) is 0 Å². The van der Waals surface area contributed by atoms with Crippen LogP contribution in [0.5, 0.6) is 0 Å². The van der Waals surface area contributed by atoms with Crippen molar-refractivity contribution in [3.8, 4) is 0 Å². The number of thioether (sulfide) groups is 1. The van der Waals surface area contributed by atoms with E-state index in [0.717, 1.165) is 19.3 Å². The molecular formula is C22H30F4O5S. The average Bonchev–Trinajstić information content (AvgIpc) is 2.99. The second-order valence-electron chi connectivity index (χ2n) is 8.38. The van der Waals surface area contributed by atoms with Crippen LogP contribution in [0.3, 0.4) is 0 Å². The fourth-order valence-electron chi connectivity index (χ4n) is 4.32. The minimum Gasteiger partial charge on any atom is -0.481 e. The summed E-state index contributed by atoms with van der Waals surface area (Å²) in [6.45, 7) is 0. The molecule has 0 spiro atoms. The van der Waals surface area contributed by atoms with Gasteiger partial charge in [-0.25, -0.2) is 17.6 Å². The minimum absolute atomic E-state index is 0.124. The molecule has 4 unspecified atom stereocenters. The molecule has 5 atom stereocenters. The van der Waals surface area contributed by atoms with E-state index in [1.807, 2.05) is 0 Å². The lowest BCUT2D eigenvalue weighted by Crippen LogP contribution is -2.24. The zero-order valence-corrected chi connectivity index (χ0v) is 18.5. The Hall–Kier alpha value is -1.36. The van der Waals surface area contributed by atoms with E-state index >= 15 is 0 Å². The summed E-state index contributed by atoms with van der Waals surface area (Å²) in [5, 5.41) is 39.4. The molecule has 10 heteroatoms. The van der Waals surface area contributed by atoms with Gasteiger partial charge < -0.3 is 20.4 Å². The fourth-order valence-corrected chi connectivity index (χ4v) is 5.29. The molecule has 2 rings (SSSR count). The van der Waals surface area contributed by atoms with Crippen molar-refractivity contribution in [1.29, 1.82) is 0 Å². The topological polar surface area (TPSA) is 98.0 Å². The first kappa shape index (κ1) is 26.9. The van der Waals surface area contributed by atoms with Gasteiger partial charge in [0.05, 0.1) is 23.2 Å². The van der Waals surface area contributed by atoms with Crippen molar-refractivity contribution in [2.75, 3.05) is 5.75 Å². The highest BCUT2D eigenvalue weighted by atomic mass is 32.2. The monoisotopic (exact) mass is 482 g/mol. The number of halogens is 4. The number of benzene rings is 1. The maximum absolute atomic E-state index is 13.7. The molecule has 0 heterocycles. The summed E-state index contributed by atoms with van der Waals surface area (Å²) >= 11 is 0.485. The first-order valence-corrected chi connectivity index (χ1v) is 11.8. The van der Waals surface area contributed by atoms with Gasteiger partial charge in [0.1, 0.15) is 0 Å². The SMILES string of the molecule is O=C(O)CCCCCCC1C(O)CC(O)[C@@H]1CCC(O)CSc1c(F)c(F)cc(F)c1F. The molecule has 1 saturated carbocycles. The fraction of sp³-hybridized carbons (Fsp3) is 0.682. The van der Waals surface area contributed by atoms with Crippen molar-refractivity contribution in [2.24, 2.45) is 11.8 Å². The highest BCUT2D eigenvalue weighted by molar-refractivity contribution is 7.99. The molecule has 0 radical (unpaired) electrons. The van der Waals surface area contributed by atoms with E-state index in [2.05, 4.69) is 0 Å². The van der Waals surface area contributed by atoms with E-state index in [9.17, 15) is 37.7 Å². The second kappa shape index (κ2) is 12.8. The molecule has 0 bridgehead atoms. The molecule has 1 aromatic carbocycles. The highest BCUT2D eigenvalue weighted by Gasteiger charge is 2.40. The Labute approximate surface area is 188 Å². The van der Waals surface area contributed by atoms with Crippen LogP contribution >= 0.6 is 11.8 Å². The summed E-state index contributed by atoms with van der Waals surface area (Å²) in [5.41, 5.74) is 0. The number of carboxylic acids is 1. The molecule has 182 valence electrons. The van der Waals surface area contributed by atoms with Crippen molar-refractivity contribution in [1.82, 2.24) is 0 Å². The predicted molar refractivity (Wildman–Crippen MR) is 111 cm³/mol. The number of unbranched alkanes of at least 4 members (excludes halogenated alkanes) is 3. The lowest BCUT2D eigenvalue weighted by Gasteiger charge is -2.24. The molecule has 1 aromatic rings. The molecule has 1 aliphatic rings. The molecule has 1 aliphatic carbocycles. The summed E-state index contributed by atoms with van der Waals surface area (Å²) in [6, 6.07) is 0.129. The second-order valence-corrected chi connectivity index (χ2v) is 9.41. The van der Waals surface area contributed by atoms with Gasteiger partial charge >= 0.3 is 5.97 Å². The number of carboxylic acid groups (broad SMARTS) is 1. The molecule has 0 amide bonds. The highest BCUT2D eigenvalue weighted by Crippen LogP contribution is 2.39. The predicted octanol–water partition coefficient (Wildman–Crippen LogP) is 4.26. The Morgan fingerprint density at radius 3 is 2.12 bits per heavy atom. The van der Waals surface area contributed by atoms with Gasteiger partial charge in [0.25, 0.3) is 0 Å². The number of aliphatic hydroxyl groups is 3. The Morgan fingerprint density at radius 1 is 0.969 bits per heavy atom. The van der Waals surface area contributed by atoms with Crippen LogP contribution in [0, 0.1) is 35.1 Å². The number of aliphatic hydroxyl groups excluding tert-OH is 3. The summed E-state index contributed by atoms with van der Waals surface area (Å²) in [4.78, 5) is 9.71. The lowest BCUT2D eigenvalue weighted by atomic mass is 9.85. The van der Waals surface area contributed by atoms with Crippen LogP contribution < -0.4 is 0 Å². The van der Waals surface area contributed by atoms with Gasteiger partial charge in [-0.05, 0) is 43.9 Å². The third kappa shape index (κ3) is 7.60. The molecule has 1 fully saturated rings. The van der Waals surface area contributed by atoms with E-state index in [-0.39, 0.29) is 42.9 Å². The van der Waals surface area contributed by atoms with Crippen molar-refractivity contribution in [3.63, 3.8) is 0 Å². The Morgan fingerprint density at radius 2 is 1.53 bits per heavy atom. The minimum atomic E-state index is -1.50. The van der Waals surface area contributed by atoms with Crippen LogP contribution in [0.4, 0.5) is 17.6 Å². The van der Waals surface area contributed by atoms with Crippen molar-refractivity contribution in [2.45, 2.75) is 81.0 Å². The van der Waals surface area contributed by atoms with Gasteiger partial charge in [0.2, 0.25) is 0 Å². The van der Waals surface area contributed by atoms with Gasteiger partial charge in [0, 0.05) is 18.2 Å². The molecule has 32 heavy (non-hydrogen) atoms. The van der Waals surface area contributed by atoms with E-state index in [4.69, 9.17) is 5.11 Å². The number of carbonyl (C=O) groups is 1. The first-order chi connectivity index (χ1) is 15.1. The summed E-state index contributed by atoms with van der Waals surface area (Å²) in [5.74, 6) is -7.43. The molecular weight excluding hydrogens is 452 g/mol. The van der Waals surface area contributed by atoms with E-state index in [1.54, 1.807) is 0 Å². The van der Waals surface area contributed by atoms with Crippen molar-refractivity contribution in [3.05, 3.63) is 29.3 Å². The third-order valence-electron chi connectivity index (χ3n) is 6.02. The molecule has 4 N–H and O–H groups in total. The quantitative estimate of drug-likeness (QED) is 0.145. The zero-order chi connectivity index (χ0) is 23.8. The number of aliphatic carboxylic acids is 1. The summed E-state index contributed by atoms with van der Waals surface area (Å²) < 4.78 is 54.0. The molecule has 5 nitrogen and oxygen atoms in total. The molecule has 0 saturated heterocycles. The Balaban J connectivity index is 1.81. The number of hydrogen-bond acceptors (Lipinski definition) is 5. The molecule has 0 aromatic heterocycles. The molecule has 0 aliphatic heterocycles. The van der Waals surface area contributed by atoms with Gasteiger partial charge in [-0.1, -0.05) is 19.3 Å². The first-order valence-electron chi connectivity index (χ1n) is 10.8.